The lowest BCUT2D eigenvalue weighted by atomic mass is 9.90. The van der Waals surface area contributed by atoms with Gasteiger partial charge in [-0.3, -0.25) is 9.48 Å². The predicted octanol–water partition coefficient (Wildman–Crippen LogP) is 2.20. The maximum Gasteiger partial charge on any atom is 0.315 e. The Morgan fingerprint density at radius 1 is 1.55 bits per heavy atom. The van der Waals surface area contributed by atoms with E-state index in [1.54, 1.807) is 25.4 Å². The molecule has 0 saturated heterocycles. The first kappa shape index (κ1) is 14.5. The molecule has 2 aromatic rings. The summed E-state index contributed by atoms with van der Waals surface area (Å²) in [6.45, 7) is 4.94. The first-order chi connectivity index (χ1) is 9.50. The van der Waals surface area contributed by atoms with Crippen molar-refractivity contribution in [3.05, 3.63) is 29.5 Å². The number of thiazole rings is 1. The fraction of sp³-hybridized carbons (Fsp3) is 0.462. The summed E-state index contributed by atoms with van der Waals surface area (Å²) >= 11 is 1.43. The number of hydrogen-bond acceptors (Lipinski definition) is 5. The molecule has 2 rings (SSSR count). The number of carboxylic acids is 1. The van der Waals surface area contributed by atoms with E-state index in [0.29, 0.717) is 5.69 Å². The third-order valence-electron chi connectivity index (χ3n) is 3.08. The zero-order valence-corrected chi connectivity index (χ0v) is 12.4. The Kier molecular flexibility index (Phi) is 4.39. The minimum absolute atomic E-state index is 0.588. The van der Waals surface area contributed by atoms with Crippen molar-refractivity contribution in [3.63, 3.8) is 0 Å². The number of rotatable bonds is 7. The van der Waals surface area contributed by atoms with Crippen LogP contribution in [0.4, 0.5) is 5.13 Å². The predicted molar refractivity (Wildman–Crippen MR) is 78.1 cm³/mol. The lowest BCUT2D eigenvalue weighted by Gasteiger charge is -2.15. The maximum absolute atomic E-state index is 11.2. The summed E-state index contributed by atoms with van der Waals surface area (Å²) in [7, 11) is 0. The minimum Gasteiger partial charge on any atom is -0.481 e. The first-order valence-electron chi connectivity index (χ1n) is 6.41. The largest absolute Gasteiger partial charge is 0.481 e. The molecule has 0 atom stereocenters. The van der Waals surface area contributed by atoms with Crippen molar-refractivity contribution in [2.75, 3.05) is 11.9 Å². The molecular weight excluding hydrogens is 276 g/mol. The number of carbonyl (C=O) groups is 1. The number of carboxylic acid groups (broad SMARTS) is 1. The van der Waals surface area contributed by atoms with Gasteiger partial charge in [-0.2, -0.15) is 5.10 Å². The van der Waals surface area contributed by atoms with E-state index in [1.165, 1.54) is 11.3 Å². The van der Waals surface area contributed by atoms with Crippen LogP contribution >= 0.6 is 11.3 Å². The van der Waals surface area contributed by atoms with E-state index in [-0.39, 0.29) is 0 Å². The molecule has 2 N–H and O–H groups in total. The van der Waals surface area contributed by atoms with Gasteiger partial charge in [-0.1, -0.05) is 0 Å². The smallest absolute Gasteiger partial charge is 0.315 e. The van der Waals surface area contributed by atoms with Gasteiger partial charge in [0.1, 0.15) is 5.41 Å². The van der Waals surface area contributed by atoms with Crippen molar-refractivity contribution in [2.45, 2.75) is 32.2 Å². The molecule has 0 spiro atoms. The third kappa shape index (κ3) is 3.36. The van der Waals surface area contributed by atoms with E-state index >= 15 is 0 Å². The molecular formula is C13H18N4O2S. The number of nitrogens with zero attached hydrogens (tertiary/aromatic N) is 3. The second kappa shape index (κ2) is 6.04. The normalized spacial score (nSPS) is 11.5. The zero-order valence-electron chi connectivity index (χ0n) is 11.5. The molecule has 6 nitrogen and oxygen atoms in total. The quantitative estimate of drug-likeness (QED) is 0.765. The molecule has 0 aliphatic carbocycles. The van der Waals surface area contributed by atoms with Gasteiger partial charge in [-0.05, 0) is 26.3 Å². The Morgan fingerprint density at radius 2 is 2.35 bits per heavy atom. The Morgan fingerprint density at radius 3 is 3.00 bits per heavy atom. The van der Waals surface area contributed by atoms with Crippen molar-refractivity contribution in [1.29, 1.82) is 0 Å². The average Bonchev–Trinajstić information content (AvgIpc) is 3.06. The second-order valence-corrected chi connectivity index (χ2v) is 5.88. The molecule has 0 bridgehead atoms. The summed E-state index contributed by atoms with van der Waals surface area (Å²) < 4.78 is 1.88. The molecule has 2 heterocycles. The number of aryl methyl sites for hydroxylation is 1. The van der Waals surface area contributed by atoms with E-state index in [9.17, 15) is 4.79 Å². The van der Waals surface area contributed by atoms with Gasteiger partial charge in [0.05, 0.1) is 5.69 Å². The molecule has 0 aliphatic heterocycles. The summed E-state index contributed by atoms with van der Waals surface area (Å²) in [6, 6.07) is 1.90. The van der Waals surface area contributed by atoms with Gasteiger partial charge >= 0.3 is 5.97 Å². The van der Waals surface area contributed by atoms with Crippen molar-refractivity contribution < 1.29 is 9.90 Å². The standard InChI is InChI=1S/C13H18N4O2S/c1-13(2,11(18)19)10-9-20-12(16-10)14-5-3-7-17-8-4-6-15-17/h4,6,8-9H,3,5,7H2,1-2H3,(H,14,16)(H,18,19). The second-order valence-electron chi connectivity index (χ2n) is 5.02. The monoisotopic (exact) mass is 294 g/mol. The van der Waals surface area contributed by atoms with E-state index in [4.69, 9.17) is 5.11 Å². The van der Waals surface area contributed by atoms with Crippen LogP contribution < -0.4 is 5.32 Å². The van der Waals surface area contributed by atoms with Crippen LogP contribution in [-0.4, -0.2) is 32.4 Å². The summed E-state index contributed by atoms with van der Waals surface area (Å²) in [5.41, 5.74) is -0.365. The van der Waals surface area contributed by atoms with Gasteiger partial charge in [-0.15, -0.1) is 11.3 Å². The lowest BCUT2D eigenvalue weighted by Crippen LogP contribution is -2.28. The lowest BCUT2D eigenvalue weighted by molar-refractivity contribution is -0.142. The summed E-state index contributed by atoms with van der Waals surface area (Å²) in [4.78, 5) is 15.5. The molecule has 20 heavy (non-hydrogen) atoms. The minimum atomic E-state index is -0.953. The molecule has 108 valence electrons. The highest BCUT2D eigenvalue weighted by molar-refractivity contribution is 7.13. The molecule has 0 saturated carbocycles. The third-order valence-corrected chi connectivity index (χ3v) is 3.88. The number of aliphatic carboxylic acids is 1. The van der Waals surface area contributed by atoms with E-state index in [2.05, 4.69) is 15.4 Å². The molecule has 0 aromatic carbocycles. The van der Waals surface area contributed by atoms with Crippen LogP contribution in [0.25, 0.3) is 0 Å². The van der Waals surface area contributed by atoms with Gasteiger partial charge in [-0.25, -0.2) is 4.98 Å². The van der Waals surface area contributed by atoms with Crippen molar-refractivity contribution in [1.82, 2.24) is 14.8 Å². The highest BCUT2D eigenvalue weighted by Crippen LogP contribution is 2.27. The number of nitrogens with one attached hydrogen (secondary N) is 1. The highest BCUT2D eigenvalue weighted by atomic mass is 32.1. The van der Waals surface area contributed by atoms with Gasteiger partial charge < -0.3 is 10.4 Å². The van der Waals surface area contributed by atoms with Crippen molar-refractivity contribution in [3.8, 4) is 0 Å². The Labute approximate surface area is 121 Å². The molecule has 2 aromatic heterocycles. The van der Waals surface area contributed by atoms with Crippen molar-refractivity contribution >= 4 is 22.4 Å². The topological polar surface area (TPSA) is 80.0 Å². The first-order valence-corrected chi connectivity index (χ1v) is 7.29. The molecule has 0 aliphatic rings. The van der Waals surface area contributed by atoms with Crippen LogP contribution in [0.5, 0.6) is 0 Å². The summed E-state index contributed by atoms with van der Waals surface area (Å²) in [5.74, 6) is -0.868. The van der Waals surface area contributed by atoms with Gasteiger partial charge in [0.15, 0.2) is 5.13 Å². The molecule has 0 unspecified atom stereocenters. The van der Waals surface area contributed by atoms with Crippen LogP contribution in [0.3, 0.4) is 0 Å². The van der Waals surface area contributed by atoms with E-state index in [1.807, 2.05) is 16.9 Å². The Hall–Kier alpha value is -1.89. The number of hydrogen-bond donors (Lipinski definition) is 2. The van der Waals surface area contributed by atoms with Gasteiger partial charge in [0.2, 0.25) is 0 Å². The fourth-order valence-corrected chi connectivity index (χ4v) is 2.53. The molecule has 0 fully saturated rings. The number of aromatic nitrogens is 3. The van der Waals surface area contributed by atoms with Gasteiger partial charge in [0, 0.05) is 30.9 Å². The Balaban J connectivity index is 1.82. The maximum atomic E-state index is 11.2. The summed E-state index contributed by atoms with van der Waals surface area (Å²) in [6.07, 6.45) is 4.62. The Bertz CT molecular complexity index is 563. The molecule has 7 heteroatoms. The number of anilines is 1. The summed E-state index contributed by atoms with van der Waals surface area (Å²) in [5, 5.41) is 19.1. The van der Waals surface area contributed by atoms with Crippen LogP contribution in [0, 0.1) is 0 Å². The van der Waals surface area contributed by atoms with Gasteiger partial charge in [0.25, 0.3) is 0 Å². The SMILES string of the molecule is CC(C)(C(=O)O)c1csc(NCCCn2cccn2)n1. The highest BCUT2D eigenvalue weighted by Gasteiger charge is 2.32. The van der Waals surface area contributed by atoms with E-state index in [0.717, 1.165) is 24.6 Å². The van der Waals surface area contributed by atoms with Crippen LogP contribution in [0.1, 0.15) is 26.0 Å². The van der Waals surface area contributed by atoms with E-state index < -0.39 is 11.4 Å². The average molecular weight is 294 g/mol. The zero-order chi connectivity index (χ0) is 14.6. The van der Waals surface area contributed by atoms with Crippen LogP contribution in [-0.2, 0) is 16.8 Å². The fourth-order valence-electron chi connectivity index (χ4n) is 1.62. The van der Waals surface area contributed by atoms with Crippen LogP contribution in [0.15, 0.2) is 23.8 Å². The molecule has 0 radical (unpaired) electrons. The van der Waals surface area contributed by atoms with Crippen LogP contribution in [0.2, 0.25) is 0 Å². The van der Waals surface area contributed by atoms with Crippen molar-refractivity contribution in [2.24, 2.45) is 0 Å². The molecule has 0 amide bonds.